The van der Waals surface area contributed by atoms with Crippen LogP contribution in [-0.2, 0) is 9.53 Å². The van der Waals surface area contributed by atoms with Gasteiger partial charge in [-0.3, -0.25) is 14.5 Å². The van der Waals surface area contributed by atoms with E-state index in [0.717, 1.165) is 117 Å². The summed E-state index contributed by atoms with van der Waals surface area (Å²) in [6.07, 6.45) is 0.860. The zero-order valence-electron chi connectivity index (χ0n) is 26.0. The number of nitrogens with one attached hydrogen (secondary N) is 2. The van der Waals surface area contributed by atoms with Crippen molar-refractivity contribution < 1.29 is 19.1 Å². The van der Waals surface area contributed by atoms with Crippen LogP contribution in [0.1, 0.15) is 16.8 Å². The summed E-state index contributed by atoms with van der Waals surface area (Å²) in [6.45, 7) is 11.0. The first-order valence-corrected chi connectivity index (χ1v) is 16.8. The van der Waals surface area contributed by atoms with Gasteiger partial charge in [0.2, 0.25) is 5.91 Å². The van der Waals surface area contributed by atoms with Crippen LogP contribution in [-0.4, -0.2) is 119 Å². The molecule has 0 spiro atoms. The van der Waals surface area contributed by atoms with Gasteiger partial charge in [-0.1, -0.05) is 24.3 Å². The summed E-state index contributed by atoms with van der Waals surface area (Å²) in [5.74, 6) is 0.185. The summed E-state index contributed by atoms with van der Waals surface area (Å²) in [4.78, 5) is 36.9. The predicted molar refractivity (Wildman–Crippen MR) is 182 cm³/mol. The number of hydrogen-bond donors (Lipinski definition) is 2. The number of fused-ring (bicyclic) bond motifs is 3. The highest BCUT2D eigenvalue weighted by Crippen LogP contribution is 2.54. The molecule has 2 saturated heterocycles. The second kappa shape index (κ2) is 13.2. The van der Waals surface area contributed by atoms with E-state index in [2.05, 4.69) is 70.8 Å². The van der Waals surface area contributed by atoms with E-state index >= 15 is 0 Å². The second-order valence-electron chi connectivity index (χ2n) is 12.5. The quantitative estimate of drug-likeness (QED) is 0.211. The minimum Gasteiger partial charge on any atom is -0.451 e. The molecule has 0 bridgehead atoms. The fourth-order valence-electron chi connectivity index (χ4n) is 6.85. The summed E-state index contributed by atoms with van der Waals surface area (Å²) in [5, 5.41) is 9.71. The standard InChI is InChI=1S/C34H43N6O4P/c1-37-11-13-38(14-12-37)9-4-7-36-34(42)26-22-40-27-19-23-5-2-3-6-24(23)20-28(27)44-33-30(29(45)21-25(31(33)40)32(26)41)35-8-10-39-15-17-43-18-16-39/h2-3,5-6,19-21,26,35H,4,7-18,22,45H2,1H3,(H,36,42). The van der Waals surface area contributed by atoms with E-state index in [1.165, 1.54) is 0 Å². The van der Waals surface area contributed by atoms with Crippen molar-refractivity contribution in [1.82, 2.24) is 20.0 Å². The number of piperazine rings is 1. The van der Waals surface area contributed by atoms with Gasteiger partial charge in [-0.2, -0.15) is 0 Å². The molecule has 7 rings (SSSR count). The van der Waals surface area contributed by atoms with E-state index in [1.807, 2.05) is 18.2 Å². The number of amides is 1. The molecule has 2 fully saturated rings. The van der Waals surface area contributed by atoms with Gasteiger partial charge < -0.3 is 34.8 Å². The number of anilines is 3. The van der Waals surface area contributed by atoms with E-state index in [0.29, 0.717) is 17.9 Å². The fourth-order valence-corrected chi connectivity index (χ4v) is 7.25. The summed E-state index contributed by atoms with van der Waals surface area (Å²) in [6, 6.07) is 14.3. The van der Waals surface area contributed by atoms with Gasteiger partial charge >= 0.3 is 0 Å². The number of likely N-dealkylation sites (N-methyl/N-ethyl adjacent to an activating group) is 1. The van der Waals surface area contributed by atoms with E-state index < -0.39 is 5.92 Å². The normalized spacial score (nSPS) is 20.4. The Hall–Kier alpha value is -3.27. The fraction of sp³-hybridized carbons (Fsp3) is 0.471. The van der Waals surface area contributed by atoms with Crippen LogP contribution in [0, 0.1) is 5.92 Å². The zero-order chi connectivity index (χ0) is 30.9. The maximum absolute atomic E-state index is 14.0. The van der Waals surface area contributed by atoms with Gasteiger partial charge in [-0.15, -0.1) is 9.24 Å². The number of Topliss-reactive ketones (excluding diaryl/α,β-unsaturated/α-hetero) is 1. The molecule has 4 aliphatic rings. The van der Waals surface area contributed by atoms with Gasteiger partial charge in [-0.25, -0.2) is 0 Å². The minimum atomic E-state index is -0.809. The Morgan fingerprint density at radius 3 is 2.47 bits per heavy atom. The van der Waals surface area contributed by atoms with E-state index in [1.54, 1.807) is 0 Å². The SMILES string of the molecule is CN1CCN(CCCNC(=O)C2CN3c4cc5ccccc5cc4Oc4c(NCCN5CCOCC5)c(P)cc(c43)C2=O)CC1. The number of carbonyl (C=O) groups excluding carboxylic acids is 2. The van der Waals surface area contributed by atoms with Crippen molar-refractivity contribution in [2.75, 3.05) is 102 Å². The largest absolute Gasteiger partial charge is 0.451 e. The molecule has 0 aliphatic carbocycles. The molecule has 2 unspecified atom stereocenters. The Bertz CT molecular complexity index is 1590. The Morgan fingerprint density at radius 2 is 1.69 bits per heavy atom. The number of ketones is 1. The first-order valence-electron chi connectivity index (χ1n) is 16.2. The number of benzene rings is 3. The third-order valence-corrected chi connectivity index (χ3v) is 9.98. The van der Waals surface area contributed by atoms with Gasteiger partial charge in [0.15, 0.2) is 17.3 Å². The van der Waals surface area contributed by atoms with Crippen LogP contribution in [0.25, 0.3) is 10.8 Å². The van der Waals surface area contributed by atoms with Crippen LogP contribution in [0.5, 0.6) is 11.5 Å². The lowest BCUT2D eigenvalue weighted by Crippen LogP contribution is -2.47. The number of ether oxygens (including phenoxy) is 2. The summed E-state index contributed by atoms with van der Waals surface area (Å²) in [7, 11) is 4.93. The number of morpholine rings is 1. The maximum Gasteiger partial charge on any atom is 0.232 e. The zero-order valence-corrected chi connectivity index (χ0v) is 27.2. The molecule has 0 radical (unpaired) electrons. The van der Waals surface area contributed by atoms with Crippen LogP contribution in [0.2, 0.25) is 0 Å². The Labute approximate surface area is 267 Å². The Morgan fingerprint density at radius 1 is 0.956 bits per heavy atom. The van der Waals surface area contributed by atoms with Gasteiger partial charge in [0.05, 0.1) is 30.3 Å². The van der Waals surface area contributed by atoms with Crippen molar-refractivity contribution in [3.63, 3.8) is 0 Å². The van der Waals surface area contributed by atoms with Crippen molar-refractivity contribution in [1.29, 1.82) is 0 Å². The Balaban J connectivity index is 1.14. The van der Waals surface area contributed by atoms with Gasteiger partial charge in [0.1, 0.15) is 5.92 Å². The highest BCUT2D eigenvalue weighted by Gasteiger charge is 2.43. The molecule has 0 aromatic heterocycles. The summed E-state index contributed by atoms with van der Waals surface area (Å²) < 4.78 is 12.2. The molecular weight excluding hydrogens is 587 g/mol. The molecule has 2 N–H and O–H groups in total. The van der Waals surface area contributed by atoms with Crippen LogP contribution in [0.4, 0.5) is 17.1 Å². The molecule has 1 amide bonds. The lowest BCUT2D eigenvalue weighted by Gasteiger charge is -2.40. The molecule has 238 valence electrons. The number of rotatable bonds is 9. The summed E-state index contributed by atoms with van der Waals surface area (Å²) in [5.41, 5.74) is 2.99. The average Bonchev–Trinajstić information content (AvgIpc) is 3.05. The molecule has 4 aliphatic heterocycles. The third kappa shape index (κ3) is 6.27. The van der Waals surface area contributed by atoms with E-state index in [9.17, 15) is 9.59 Å². The molecule has 45 heavy (non-hydrogen) atoms. The molecule has 3 aromatic carbocycles. The summed E-state index contributed by atoms with van der Waals surface area (Å²) >= 11 is 0. The van der Waals surface area contributed by atoms with Crippen molar-refractivity contribution in [3.8, 4) is 11.5 Å². The highest BCUT2D eigenvalue weighted by molar-refractivity contribution is 7.28. The van der Waals surface area contributed by atoms with E-state index in [4.69, 9.17) is 9.47 Å². The number of carbonyl (C=O) groups is 2. The second-order valence-corrected chi connectivity index (χ2v) is 13.2. The third-order valence-electron chi connectivity index (χ3n) is 9.53. The molecule has 3 aromatic rings. The van der Waals surface area contributed by atoms with Crippen molar-refractivity contribution in [3.05, 3.63) is 48.0 Å². The molecule has 4 heterocycles. The number of hydrogen-bond acceptors (Lipinski definition) is 9. The van der Waals surface area contributed by atoms with Crippen LogP contribution < -0.4 is 25.6 Å². The maximum atomic E-state index is 14.0. The van der Waals surface area contributed by atoms with Gasteiger partial charge in [0.25, 0.3) is 0 Å². The van der Waals surface area contributed by atoms with Crippen molar-refractivity contribution in [2.45, 2.75) is 6.42 Å². The average molecular weight is 631 g/mol. The molecule has 0 saturated carbocycles. The highest BCUT2D eigenvalue weighted by atomic mass is 31.0. The molecular formula is C34H43N6O4P. The number of nitrogens with zero attached hydrogens (tertiary/aromatic N) is 4. The van der Waals surface area contributed by atoms with Crippen LogP contribution in [0.15, 0.2) is 42.5 Å². The predicted octanol–water partition coefficient (Wildman–Crippen LogP) is 2.89. The topological polar surface area (TPSA) is 89.6 Å². The lowest BCUT2D eigenvalue weighted by molar-refractivity contribution is -0.123. The van der Waals surface area contributed by atoms with E-state index in [-0.39, 0.29) is 18.2 Å². The first-order chi connectivity index (χ1) is 22.0. The lowest BCUT2D eigenvalue weighted by atomic mass is 9.88. The van der Waals surface area contributed by atoms with Crippen molar-refractivity contribution in [2.24, 2.45) is 5.92 Å². The van der Waals surface area contributed by atoms with Crippen LogP contribution in [0.3, 0.4) is 0 Å². The van der Waals surface area contributed by atoms with Gasteiger partial charge in [-0.05, 0) is 54.3 Å². The van der Waals surface area contributed by atoms with Gasteiger partial charge in [0, 0.05) is 71.0 Å². The molecule has 2 atom stereocenters. The first kappa shape index (κ1) is 30.4. The molecule has 10 nitrogen and oxygen atoms in total. The van der Waals surface area contributed by atoms with Crippen LogP contribution >= 0.6 is 9.24 Å². The monoisotopic (exact) mass is 630 g/mol. The van der Waals surface area contributed by atoms with Crippen molar-refractivity contribution >= 4 is 54.1 Å². The smallest absolute Gasteiger partial charge is 0.232 e. The minimum absolute atomic E-state index is 0.157. The Kier molecular flexibility index (Phi) is 8.93. The molecule has 11 heteroatoms.